The van der Waals surface area contributed by atoms with Crippen molar-refractivity contribution >= 4 is 35.1 Å². The van der Waals surface area contributed by atoms with Crippen LogP contribution in [0.25, 0.3) is 0 Å². The Morgan fingerprint density at radius 2 is 1.96 bits per heavy atom. The van der Waals surface area contributed by atoms with Gasteiger partial charge in [-0.15, -0.1) is 0 Å². The highest BCUT2D eigenvalue weighted by Gasteiger charge is 2.55. The fraction of sp³-hybridized carbons (Fsp3) is 0.556. The maximum Gasteiger partial charge on any atom is 0.407 e. The molecule has 0 spiro atoms. The van der Waals surface area contributed by atoms with Crippen LogP contribution in [0.1, 0.15) is 24.3 Å². The van der Waals surface area contributed by atoms with E-state index in [4.69, 9.17) is 27.9 Å². The lowest BCUT2D eigenvalue weighted by Crippen LogP contribution is -2.61. The zero-order valence-corrected chi connectivity index (χ0v) is 16.0. The molecule has 1 aromatic carbocycles. The van der Waals surface area contributed by atoms with Gasteiger partial charge in [0.15, 0.2) is 5.78 Å². The first kappa shape index (κ1) is 19.4. The summed E-state index contributed by atoms with van der Waals surface area (Å²) in [7, 11) is 1.47. The molecule has 0 aliphatic carbocycles. The summed E-state index contributed by atoms with van der Waals surface area (Å²) in [6, 6.07) is 5.22. The van der Waals surface area contributed by atoms with Gasteiger partial charge in [0.05, 0.1) is 10.0 Å². The van der Waals surface area contributed by atoms with Crippen LogP contribution in [0.15, 0.2) is 18.2 Å². The number of ketones is 1. The van der Waals surface area contributed by atoms with Crippen molar-refractivity contribution in [1.29, 1.82) is 0 Å². The number of nitrogens with one attached hydrogen (secondary N) is 1. The molecular formula is C18H22Cl2N2O4. The fourth-order valence-corrected chi connectivity index (χ4v) is 4.39. The van der Waals surface area contributed by atoms with Crippen molar-refractivity contribution < 1.29 is 19.4 Å². The average molecular weight is 401 g/mol. The predicted molar refractivity (Wildman–Crippen MR) is 99.1 cm³/mol. The molecular weight excluding hydrogens is 379 g/mol. The lowest BCUT2D eigenvalue weighted by atomic mass is 9.72. The van der Waals surface area contributed by atoms with Crippen molar-refractivity contribution in [3.63, 3.8) is 0 Å². The molecule has 6 nitrogen and oxygen atoms in total. The van der Waals surface area contributed by atoms with Crippen LogP contribution >= 0.6 is 23.2 Å². The van der Waals surface area contributed by atoms with Gasteiger partial charge in [0.2, 0.25) is 0 Å². The van der Waals surface area contributed by atoms with Gasteiger partial charge in [-0.05, 0) is 30.5 Å². The number of amides is 1. The molecule has 2 atom stereocenters. The number of carbonyl (C=O) groups is 2. The number of Topliss-reactive ketones (excluding diaryl/α,β-unsaturated/α-hetero) is 1. The molecule has 2 aliphatic rings. The molecule has 0 radical (unpaired) electrons. The van der Waals surface area contributed by atoms with Crippen LogP contribution < -0.4 is 5.32 Å². The quantitative estimate of drug-likeness (QED) is 0.811. The summed E-state index contributed by atoms with van der Waals surface area (Å²) >= 11 is 12.2. The van der Waals surface area contributed by atoms with Crippen LogP contribution in [-0.2, 0) is 9.53 Å². The highest BCUT2D eigenvalue weighted by atomic mass is 35.5. The zero-order valence-electron chi connectivity index (χ0n) is 14.5. The smallest absolute Gasteiger partial charge is 0.407 e. The van der Waals surface area contributed by atoms with E-state index in [1.807, 2.05) is 6.07 Å². The zero-order chi connectivity index (χ0) is 18.9. The monoisotopic (exact) mass is 400 g/mol. The first-order chi connectivity index (χ1) is 12.4. The molecule has 1 amide bonds. The van der Waals surface area contributed by atoms with E-state index in [0.717, 1.165) is 10.5 Å². The number of hydrogen-bond acceptors (Lipinski definition) is 4. The van der Waals surface area contributed by atoms with Gasteiger partial charge in [0.25, 0.3) is 0 Å². The van der Waals surface area contributed by atoms with E-state index in [1.54, 1.807) is 12.1 Å². The van der Waals surface area contributed by atoms with Crippen LogP contribution in [0, 0.1) is 5.92 Å². The van der Waals surface area contributed by atoms with Crippen molar-refractivity contribution in [3.05, 3.63) is 33.8 Å². The third-order valence-corrected chi connectivity index (χ3v) is 6.31. The Morgan fingerprint density at radius 3 is 2.58 bits per heavy atom. The lowest BCUT2D eigenvalue weighted by molar-refractivity contribution is -0.136. The van der Waals surface area contributed by atoms with Gasteiger partial charge in [0.1, 0.15) is 5.54 Å². The van der Waals surface area contributed by atoms with Crippen LogP contribution in [0.3, 0.4) is 0 Å². The number of rotatable bonds is 4. The van der Waals surface area contributed by atoms with Crippen LogP contribution in [0.4, 0.5) is 4.79 Å². The molecule has 0 saturated carbocycles. The van der Waals surface area contributed by atoms with E-state index in [1.165, 1.54) is 7.05 Å². The third kappa shape index (κ3) is 3.31. The summed E-state index contributed by atoms with van der Waals surface area (Å²) in [6.07, 6.45) is 0.101. The maximum atomic E-state index is 13.5. The van der Waals surface area contributed by atoms with Gasteiger partial charge in [0, 0.05) is 45.2 Å². The van der Waals surface area contributed by atoms with Crippen molar-refractivity contribution in [3.8, 4) is 0 Å². The Bertz CT molecular complexity index is 708. The third-order valence-electron chi connectivity index (χ3n) is 5.57. The van der Waals surface area contributed by atoms with Gasteiger partial charge < -0.3 is 15.2 Å². The summed E-state index contributed by atoms with van der Waals surface area (Å²) < 4.78 is 5.36. The lowest BCUT2D eigenvalue weighted by Gasteiger charge is -2.42. The normalized spacial score (nSPS) is 26.7. The number of carbonyl (C=O) groups excluding carboxylic acids is 1. The average Bonchev–Trinajstić information content (AvgIpc) is 3.09. The summed E-state index contributed by atoms with van der Waals surface area (Å²) in [5, 5.41) is 13.7. The molecule has 0 bridgehead atoms. The van der Waals surface area contributed by atoms with Gasteiger partial charge in [-0.2, -0.15) is 0 Å². The number of benzene rings is 1. The van der Waals surface area contributed by atoms with Crippen molar-refractivity contribution in [2.24, 2.45) is 5.92 Å². The topological polar surface area (TPSA) is 78.9 Å². The van der Waals surface area contributed by atoms with Crippen LogP contribution in [0.2, 0.25) is 10.0 Å². The van der Waals surface area contributed by atoms with Gasteiger partial charge in [-0.1, -0.05) is 29.3 Å². The number of ether oxygens (including phenoxy) is 1. The van der Waals surface area contributed by atoms with Crippen molar-refractivity contribution in [1.82, 2.24) is 10.2 Å². The van der Waals surface area contributed by atoms with E-state index >= 15 is 0 Å². The second kappa shape index (κ2) is 7.72. The number of hydrogen-bond donors (Lipinski definition) is 2. The van der Waals surface area contributed by atoms with E-state index in [-0.39, 0.29) is 24.2 Å². The molecule has 8 heteroatoms. The SMILES string of the molecule is CN(C(=O)O)[C@]1(C(=O)C2CCOCC2)CNC[C@H]1c1ccc(Cl)c(Cl)c1. The minimum atomic E-state index is -1.18. The Morgan fingerprint density at radius 1 is 1.27 bits per heavy atom. The standard InChI is InChI=1S/C18H22Cl2N2O4/c1-22(17(24)25)18(16(23)11-4-6-26-7-5-11)10-21-9-13(18)12-2-3-14(19)15(20)8-12/h2-3,8,11,13,21H,4-7,9-10H2,1H3,(H,24,25)/t13-,18+/m0/s1. The second-order valence-electron chi connectivity index (χ2n) is 6.87. The molecule has 26 heavy (non-hydrogen) atoms. The molecule has 142 valence electrons. The fourth-order valence-electron chi connectivity index (χ4n) is 4.08. The number of halogens is 2. The second-order valence-corrected chi connectivity index (χ2v) is 7.69. The molecule has 2 saturated heterocycles. The molecule has 1 aromatic rings. The molecule has 2 fully saturated rings. The Labute approximate surface area is 162 Å². The summed E-state index contributed by atoms with van der Waals surface area (Å²) in [5.41, 5.74) is -0.372. The van der Waals surface area contributed by atoms with Gasteiger partial charge in [-0.3, -0.25) is 9.69 Å². The summed E-state index contributed by atoms with van der Waals surface area (Å²) in [4.78, 5) is 26.6. The van der Waals surface area contributed by atoms with Crippen molar-refractivity contribution in [2.45, 2.75) is 24.3 Å². The first-order valence-electron chi connectivity index (χ1n) is 8.62. The van der Waals surface area contributed by atoms with E-state index in [0.29, 0.717) is 42.6 Å². The van der Waals surface area contributed by atoms with Crippen molar-refractivity contribution in [2.75, 3.05) is 33.4 Å². The summed E-state index contributed by atoms with van der Waals surface area (Å²) in [6.45, 7) is 1.81. The molecule has 3 rings (SSSR count). The molecule has 2 aliphatic heterocycles. The van der Waals surface area contributed by atoms with Gasteiger partial charge in [-0.25, -0.2) is 4.79 Å². The van der Waals surface area contributed by atoms with Crippen LogP contribution in [-0.4, -0.2) is 60.8 Å². The molecule has 0 aromatic heterocycles. The Hall–Kier alpha value is -1.34. The molecule has 2 N–H and O–H groups in total. The first-order valence-corrected chi connectivity index (χ1v) is 9.38. The highest BCUT2D eigenvalue weighted by Crippen LogP contribution is 2.41. The minimum Gasteiger partial charge on any atom is -0.465 e. The minimum absolute atomic E-state index is 0.0493. The number of carboxylic acid groups (broad SMARTS) is 1. The number of nitrogens with zero attached hydrogens (tertiary/aromatic N) is 1. The van der Waals surface area contributed by atoms with E-state index in [9.17, 15) is 14.7 Å². The molecule has 0 unspecified atom stereocenters. The van der Waals surface area contributed by atoms with Crippen LogP contribution in [0.5, 0.6) is 0 Å². The van der Waals surface area contributed by atoms with E-state index in [2.05, 4.69) is 5.32 Å². The maximum absolute atomic E-state index is 13.5. The predicted octanol–water partition coefficient (Wildman–Crippen LogP) is 3.02. The molecule has 2 heterocycles. The summed E-state index contributed by atoms with van der Waals surface area (Å²) in [5.74, 6) is -0.601. The van der Waals surface area contributed by atoms with Gasteiger partial charge >= 0.3 is 6.09 Å². The Kier molecular flexibility index (Phi) is 5.77. The largest absolute Gasteiger partial charge is 0.465 e. The number of likely N-dealkylation sites (N-methyl/N-ethyl adjacent to an activating group) is 1. The van der Waals surface area contributed by atoms with E-state index < -0.39 is 11.6 Å². The highest BCUT2D eigenvalue weighted by molar-refractivity contribution is 6.42. The Balaban J connectivity index is 2.04.